The SMILES string of the molecule is C=C(C(=O)O[C@H]1CC[C@H](C)[C@@]2(C)C[C@@]3(C(=C)COC3=O)[C@H](OC(C)=O)[C@@H]12)C(C)O. The lowest BCUT2D eigenvalue weighted by atomic mass is 9.61. The smallest absolute Gasteiger partial charge is 0.336 e. The summed E-state index contributed by atoms with van der Waals surface area (Å²) in [6.07, 6.45) is -0.656. The molecule has 0 aromatic rings. The van der Waals surface area contributed by atoms with Gasteiger partial charge in [-0.25, -0.2) is 4.79 Å². The molecule has 3 aliphatic rings. The zero-order valence-corrected chi connectivity index (χ0v) is 17.5. The Bertz CT molecular complexity index is 751. The van der Waals surface area contributed by atoms with Crippen LogP contribution in [0, 0.1) is 22.7 Å². The van der Waals surface area contributed by atoms with E-state index in [4.69, 9.17) is 14.2 Å². The largest absolute Gasteiger partial charge is 0.461 e. The molecule has 7 heteroatoms. The summed E-state index contributed by atoms with van der Waals surface area (Å²) in [7, 11) is 0. The first-order chi connectivity index (χ1) is 13.4. The molecule has 1 heterocycles. The van der Waals surface area contributed by atoms with Gasteiger partial charge < -0.3 is 19.3 Å². The molecule has 2 aliphatic carbocycles. The van der Waals surface area contributed by atoms with Crippen LogP contribution in [0.4, 0.5) is 0 Å². The maximum atomic E-state index is 12.9. The highest BCUT2D eigenvalue weighted by Gasteiger charge is 2.72. The molecule has 1 N–H and O–H groups in total. The molecule has 0 bridgehead atoms. The Kier molecular flexibility index (Phi) is 5.41. The first-order valence-corrected chi connectivity index (χ1v) is 10.1. The Labute approximate surface area is 171 Å². The number of esters is 3. The highest BCUT2D eigenvalue weighted by Crippen LogP contribution is 2.66. The number of carbonyl (C=O) groups is 3. The number of fused-ring (bicyclic) bond motifs is 1. The molecule has 2 saturated carbocycles. The summed E-state index contributed by atoms with van der Waals surface area (Å²) in [4.78, 5) is 37.4. The summed E-state index contributed by atoms with van der Waals surface area (Å²) in [5.74, 6) is -1.82. The topological polar surface area (TPSA) is 99.1 Å². The Morgan fingerprint density at radius 2 is 1.97 bits per heavy atom. The fourth-order valence-corrected chi connectivity index (χ4v) is 5.46. The van der Waals surface area contributed by atoms with Gasteiger partial charge in [-0.3, -0.25) is 9.59 Å². The number of aliphatic hydroxyl groups is 1. The van der Waals surface area contributed by atoms with Gasteiger partial charge in [0.2, 0.25) is 0 Å². The molecule has 0 aromatic heterocycles. The predicted molar refractivity (Wildman–Crippen MR) is 103 cm³/mol. The van der Waals surface area contributed by atoms with Crippen LogP contribution in [0.3, 0.4) is 0 Å². The minimum atomic E-state index is -1.13. The lowest BCUT2D eigenvalue weighted by Crippen LogP contribution is -2.50. The van der Waals surface area contributed by atoms with E-state index in [1.54, 1.807) is 0 Å². The first kappa shape index (κ1) is 21.6. The average Bonchev–Trinajstić information content (AvgIpc) is 3.07. The maximum absolute atomic E-state index is 12.9. The Morgan fingerprint density at radius 3 is 2.48 bits per heavy atom. The van der Waals surface area contributed by atoms with Gasteiger partial charge in [0, 0.05) is 12.8 Å². The first-order valence-electron chi connectivity index (χ1n) is 10.1. The molecule has 3 fully saturated rings. The second-order valence-electron chi connectivity index (χ2n) is 9.01. The van der Waals surface area contributed by atoms with Gasteiger partial charge >= 0.3 is 17.9 Å². The molecule has 0 aromatic carbocycles. The van der Waals surface area contributed by atoms with E-state index in [0.29, 0.717) is 18.4 Å². The summed E-state index contributed by atoms with van der Waals surface area (Å²) in [6.45, 7) is 14.7. The van der Waals surface area contributed by atoms with Gasteiger partial charge in [-0.2, -0.15) is 0 Å². The Balaban J connectivity index is 2.04. The molecular formula is C22H30O7. The van der Waals surface area contributed by atoms with Crippen molar-refractivity contribution in [1.29, 1.82) is 0 Å². The molecule has 7 atom stereocenters. The van der Waals surface area contributed by atoms with Crippen molar-refractivity contribution in [3.05, 3.63) is 24.3 Å². The fraction of sp³-hybridized carbons (Fsp3) is 0.682. The van der Waals surface area contributed by atoms with Gasteiger partial charge in [-0.1, -0.05) is 27.0 Å². The maximum Gasteiger partial charge on any atom is 0.336 e. The van der Waals surface area contributed by atoms with Crippen molar-refractivity contribution in [3.8, 4) is 0 Å². The third kappa shape index (κ3) is 3.19. The van der Waals surface area contributed by atoms with Crippen molar-refractivity contribution in [2.45, 2.75) is 65.3 Å². The normalized spacial score (nSPS) is 39.6. The van der Waals surface area contributed by atoms with Gasteiger partial charge in [0.05, 0.1) is 11.7 Å². The number of carbonyl (C=O) groups excluding carboxylic acids is 3. The summed E-state index contributed by atoms with van der Waals surface area (Å²) in [6, 6.07) is 0. The molecule has 7 nitrogen and oxygen atoms in total. The average molecular weight is 406 g/mol. The third-order valence-corrected chi connectivity index (χ3v) is 7.33. The summed E-state index contributed by atoms with van der Waals surface area (Å²) >= 11 is 0. The van der Waals surface area contributed by atoms with E-state index >= 15 is 0 Å². The summed E-state index contributed by atoms with van der Waals surface area (Å²) in [5, 5.41) is 9.67. The van der Waals surface area contributed by atoms with Crippen LogP contribution in [0.25, 0.3) is 0 Å². The minimum absolute atomic E-state index is 0.0354. The van der Waals surface area contributed by atoms with Crippen molar-refractivity contribution in [1.82, 2.24) is 0 Å². The van der Waals surface area contributed by atoms with Gasteiger partial charge in [0.15, 0.2) is 0 Å². The van der Waals surface area contributed by atoms with Crippen LogP contribution in [0.1, 0.15) is 47.0 Å². The van der Waals surface area contributed by atoms with Crippen molar-refractivity contribution in [2.75, 3.05) is 6.61 Å². The monoisotopic (exact) mass is 406 g/mol. The van der Waals surface area contributed by atoms with Crippen molar-refractivity contribution in [3.63, 3.8) is 0 Å². The quantitative estimate of drug-likeness (QED) is 0.331. The van der Waals surface area contributed by atoms with Crippen LogP contribution in [-0.4, -0.2) is 47.9 Å². The van der Waals surface area contributed by atoms with E-state index in [2.05, 4.69) is 27.0 Å². The number of cyclic esters (lactones) is 1. The standard InChI is InChI=1S/C22H30O7/c1-11-7-8-16(29-19(25)13(3)14(4)23)17-18(28-15(5)24)22(10-21(11,17)6)12(2)9-27-20(22)26/h11,14,16-18,23H,2-3,7-10H2,1,4-6H3/t11-,14?,16-,17+,18+,21+,22+/m0/s1. The molecule has 1 spiro atoms. The number of hydrogen-bond donors (Lipinski definition) is 1. The zero-order chi connectivity index (χ0) is 21.7. The molecule has 0 amide bonds. The van der Waals surface area contributed by atoms with Gasteiger partial charge in [-0.05, 0) is 43.1 Å². The minimum Gasteiger partial charge on any atom is -0.461 e. The number of ether oxygens (including phenoxy) is 3. The summed E-state index contributed by atoms with van der Waals surface area (Å²) < 4.78 is 16.8. The molecule has 1 saturated heterocycles. The summed E-state index contributed by atoms with van der Waals surface area (Å²) in [5.41, 5.74) is -1.00. The number of hydrogen-bond acceptors (Lipinski definition) is 7. The van der Waals surface area contributed by atoms with Crippen molar-refractivity contribution < 1.29 is 33.7 Å². The van der Waals surface area contributed by atoms with E-state index in [9.17, 15) is 19.5 Å². The highest BCUT2D eigenvalue weighted by atomic mass is 16.6. The van der Waals surface area contributed by atoms with Crippen LogP contribution in [0.2, 0.25) is 0 Å². The van der Waals surface area contributed by atoms with Crippen molar-refractivity contribution >= 4 is 17.9 Å². The predicted octanol–water partition coefficient (Wildman–Crippen LogP) is 2.32. The third-order valence-electron chi connectivity index (χ3n) is 7.33. The molecule has 1 aliphatic heterocycles. The fourth-order valence-electron chi connectivity index (χ4n) is 5.46. The van der Waals surface area contributed by atoms with E-state index < -0.39 is 53.0 Å². The van der Waals surface area contributed by atoms with Gasteiger partial charge in [0.1, 0.15) is 24.2 Å². The van der Waals surface area contributed by atoms with Gasteiger partial charge in [-0.15, -0.1) is 0 Å². The van der Waals surface area contributed by atoms with E-state index in [1.807, 2.05) is 0 Å². The van der Waals surface area contributed by atoms with E-state index in [-0.39, 0.29) is 18.1 Å². The number of rotatable bonds is 4. The molecular weight excluding hydrogens is 376 g/mol. The second-order valence-corrected chi connectivity index (χ2v) is 9.01. The van der Waals surface area contributed by atoms with E-state index in [0.717, 1.165) is 6.42 Å². The van der Waals surface area contributed by atoms with E-state index in [1.165, 1.54) is 13.8 Å². The lowest BCUT2D eigenvalue weighted by molar-refractivity contribution is -0.173. The molecule has 3 rings (SSSR count). The lowest BCUT2D eigenvalue weighted by Gasteiger charge is -2.46. The van der Waals surface area contributed by atoms with Crippen LogP contribution < -0.4 is 0 Å². The van der Waals surface area contributed by atoms with Crippen LogP contribution in [0.5, 0.6) is 0 Å². The molecule has 160 valence electrons. The second kappa shape index (κ2) is 7.27. The van der Waals surface area contributed by atoms with Crippen LogP contribution in [0.15, 0.2) is 24.3 Å². The van der Waals surface area contributed by atoms with Crippen LogP contribution in [-0.2, 0) is 28.6 Å². The zero-order valence-electron chi connectivity index (χ0n) is 17.5. The molecule has 1 unspecified atom stereocenters. The highest BCUT2D eigenvalue weighted by molar-refractivity contribution is 5.89. The van der Waals surface area contributed by atoms with Crippen LogP contribution >= 0.6 is 0 Å². The molecule has 0 radical (unpaired) electrons. The Hall–Kier alpha value is -2.15. The van der Waals surface area contributed by atoms with Crippen molar-refractivity contribution in [2.24, 2.45) is 22.7 Å². The number of aliphatic hydroxyl groups excluding tert-OH is 1. The molecule has 29 heavy (non-hydrogen) atoms. The Morgan fingerprint density at radius 1 is 1.31 bits per heavy atom. The van der Waals surface area contributed by atoms with Gasteiger partial charge in [0.25, 0.3) is 0 Å².